The number of fused-ring (bicyclic) bond motifs is 1. The predicted molar refractivity (Wildman–Crippen MR) is 140 cm³/mol. The van der Waals surface area contributed by atoms with Crippen LogP contribution in [-0.4, -0.2) is 17.0 Å². The standard InChI is InChI=1S/C30H19ClF3NO3/c31-24-14-13-21(30(32,33)34)16-23(24)26(19-8-2-1-3-9-19)27-22-11-4-5-12-25(22)35(28(27)36)17-18-7-6-10-20(15-18)29(37)38/h1-16H,17H2,(H,37,38)/b27-26+. The number of aromatic carboxylic acids is 1. The minimum absolute atomic E-state index is 0.0683. The molecule has 8 heteroatoms. The largest absolute Gasteiger partial charge is 0.478 e. The lowest BCUT2D eigenvalue weighted by Gasteiger charge is -2.19. The van der Waals surface area contributed by atoms with Gasteiger partial charge in [0.2, 0.25) is 0 Å². The summed E-state index contributed by atoms with van der Waals surface area (Å²) in [5.74, 6) is -1.52. The molecule has 0 fully saturated rings. The highest BCUT2D eigenvalue weighted by Gasteiger charge is 2.37. The van der Waals surface area contributed by atoms with Crippen molar-refractivity contribution < 1.29 is 27.9 Å². The molecule has 0 atom stereocenters. The van der Waals surface area contributed by atoms with Gasteiger partial charge in [-0.3, -0.25) is 4.79 Å². The summed E-state index contributed by atoms with van der Waals surface area (Å²) in [4.78, 5) is 27.0. The summed E-state index contributed by atoms with van der Waals surface area (Å²) in [7, 11) is 0. The van der Waals surface area contributed by atoms with Crippen LogP contribution in [0.4, 0.5) is 18.9 Å². The van der Waals surface area contributed by atoms with Gasteiger partial charge in [0.1, 0.15) is 0 Å². The van der Waals surface area contributed by atoms with Crippen molar-refractivity contribution in [2.24, 2.45) is 0 Å². The molecule has 0 aliphatic carbocycles. The van der Waals surface area contributed by atoms with Gasteiger partial charge < -0.3 is 10.0 Å². The molecular weight excluding hydrogens is 515 g/mol. The highest BCUT2D eigenvalue weighted by molar-refractivity contribution is 6.40. The van der Waals surface area contributed by atoms with Gasteiger partial charge in [0.15, 0.2) is 0 Å². The number of hydrogen-bond donors (Lipinski definition) is 1. The Labute approximate surface area is 221 Å². The van der Waals surface area contributed by atoms with Crippen LogP contribution in [0.25, 0.3) is 11.1 Å². The van der Waals surface area contributed by atoms with E-state index >= 15 is 0 Å². The Hall–Kier alpha value is -4.36. The Bertz CT molecular complexity index is 1600. The monoisotopic (exact) mass is 533 g/mol. The van der Waals surface area contributed by atoms with E-state index in [0.717, 1.165) is 12.1 Å². The van der Waals surface area contributed by atoms with Crippen LogP contribution in [-0.2, 0) is 17.5 Å². The topological polar surface area (TPSA) is 57.6 Å². The Morgan fingerprint density at radius 1 is 0.842 bits per heavy atom. The normalized spacial score (nSPS) is 14.4. The van der Waals surface area contributed by atoms with Crippen LogP contribution < -0.4 is 4.90 Å². The van der Waals surface area contributed by atoms with Gasteiger partial charge in [-0.05, 0) is 47.5 Å². The molecule has 0 aromatic heterocycles. The number of para-hydroxylation sites is 1. The van der Waals surface area contributed by atoms with Gasteiger partial charge in [-0.2, -0.15) is 13.2 Å². The number of carbonyl (C=O) groups is 2. The Morgan fingerprint density at radius 2 is 1.53 bits per heavy atom. The van der Waals surface area contributed by atoms with Crippen molar-refractivity contribution in [3.63, 3.8) is 0 Å². The molecule has 1 heterocycles. The summed E-state index contributed by atoms with van der Waals surface area (Å²) in [5.41, 5.74) is 1.99. The summed E-state index contributed by atoms with van der Waals surface area (Å²) in [6, 6.07) is 25.0. The van der Waals surface area contributed by atoms with Crippen LogP contribution in [0.15, 0.2) is 97.1 Å². The maximum Gasteiger partial charge on any atom is 0.416 e. The molecule has 4 aromatic rings. The van der Waals surface area contributed by atoms with Crippen LogP contribution in [0, 0.1) is 0 Å². The number of anilines is 1. The molecule has 0 saturated carbocycles. The van der Waals surface area contributed by atoms with Gasteiger partial charge in [0.05, 0.1) is 28.9 Å². The second-order valence-electron chi connectivity index (χ2n) is 8.72. The number of halogens is 4. The molecule has 38 heavy (non-hydrogen) atoms. The number of hydrogen-bond acceptors (Lipinski definition) is 2. The predicted octanol–water partition coefficient (Wildman–Crippen LogP) is 7.56. The summed E-state index contributed by atoms with van der Waals surface area (Å²) < 4.78 is 41.0. The van der Waals surface area contributed by atoms with Crippen LogP contribution in [0.2, 0.25) is 5.02 Å². The van der Waals surface area contributed by atoms with Gasteiger partial charge in [0.25, 0.3) is 5.91 Å². The first-order valence-electron chi connectivity index (χ1n) is 11.6. The third-order valence-electron chi connectivity index (χ3n) is 6.31. The zero-order valence-electron chi connectivity index (χ0n) is 19.7. The van der Waals surface area contributed by atoms with Gasteiger partial charge in [-0.1, -0.05) is 72.3 Å². The zero-order chi connectivity index (χ0) is 27.0. The first-order valence-corrected chi connectivity index (χ1v) is 11.9. The lowest BCUT2D eigenvalue weighted by atomic mass is 9.89. The van der Waals surface area contributed by atoms with Crippen molar-refractivity contribution in [2.75, 3.05) is 4.90 Å². The second-order valence-corrected chi connectivity index (χ2v) is 9.13. The lowest BCUT2D eigenvalue weighted by Crippen LogP contribution is -2.26. The molecule has 1 amide bonds. The van der Waals surface area contributed by atoms with Crippen LogP contribution in [0.1, 0.15) is 38.2 Å². The molecule has 0 spiro atoms. The number of carbonyl (C=O) groups excluding carboxylic acids is 1. The van der Waals surface area contributed by atoms with Crippen molar-refractivity contribution >= 4 is 40.3 Å². The van der Waals surface area contributed by atoms with Crippen LogP contribution >= 0.6 is 11.6 Å². The summed E-state index contributed by atoms with van der Waals surface area (Å²) in [6.07, 6.45) is -4.61. The van der Waals surface area contributed by atoms with Gasteiger partial charge in [0, 0.05) is 21.7 Å². The van der Waals surface area contributed by atoms with Crippen molar-refractivity contribution in [3.8, 4) is 0 Å². The highest BCUT2D eigenvalue weighted by atomic mass is 35.5. The molecule has 0 radical (unpaired) electrons. The first-order chi connectivity index (χ1) is 18.1. The molecular formula is C30H19ClF3NO3. The van der Waals surface area contributed by atoms with E-state index in [1.165, 1.54) is 23.1 Å². The van der Waals surface area contributed by atoms with E-state index in [1.807, 2.05) is 0 Å². The molecule has 0 unspecified atom stereocenters. The van der Waals surface area contributed by atoms with Gasteiger partial charge in [-0.15, -0.1) is 0 Å². The number of amides is 1. The number of rotatable bonds is 5. The van der Waals surface area contributed by atoms with E-state index < -0.39 is 23.6 Å². The molecule has 4 aromatic carbocycles. The fraction of sp³-hybridized carbons (Fsp3) is 0.0667. The fourth-order valence-corrected chi connectivity index (χ4v) is 4.81. The summed E-state index contributed by atoms with van der Waals surface area (Å²) in [5, 5.41) is 9.44. The first kappa shape index (κ1) is 25.3. The van der Waals surface area contributed by atoms with E-state index in [2.05, 4.69) is 0 Å². The Kier molecular flexibility index (Phi) is 6.55. The zero-order valence-corrected chi connectivity index (χ0v) is 20.4. The average Bonchev–Trinajstić information content (AvgIpc) is 3.16. The van der Waals surface area contributed by atoms with Gasteiger partial charge >= 0.3 is 12.1 Å². The summed E-state index contributed by atoms with van der Waals surface area (Å²) in [6.45, 7) is 0.0683. The van der Waals surface area contributed by atoms with Crippen molar-refractivity contribution in [1.82, 2.24) is 0 Å². The molecule has 0 saturated heterocycles. The number of nitrogens with zero attached hydrogens (tertiary/aromatic N) is 1. The fourth-order valence-electron chi connectivity index (χ4n) is 4.60. The molecule has 0 bridgehead atoms. The van der Waals surface area contributed by atoms with Crippen LogP contribution in [0.5, 0.6) is 0 Å². The molecule has 4 nitrogen and oxygen atoms in total. The average molecular weight is 534 g/mol. The van der Waals surface area contributed by atoms with Crippen molar-refractivity contribution in [2.45, 2.75) is 12.7 Å². The minimum atomic E-state index is -4.61. The van der Waals surface area contributed by atoms with E-state index in [0.29, 0.717) is 22.4 Å². The lowest BCUT2D eigenvalue weighted by molar-refractivity contribution is -0.137. The quantitative estimate of drug-likeness (QED) is 0.269. The van der Waals surface area contributed by atoms with Gasteiger partial charge in [-0.25, -0.2) is 4.79 Å². The van der Waals surface area contributed by atoms with E-state index in [4.69, 9.17) is 11.6 Å². The third kappa shape index (κ3) is 4.68. The number of alkyl halides is 3. The van der Waals surface area contributed by atoms with E-state index in [1.54, 1.807) is 66.7 Å². The number of carboxylic acid groups (broad SMARTS) is 1. The molecule has 1 aliphatic rings. The molecule has 1 aliphatic heterocycles. The molecule has 1 N–H and O–H groups in total. The van der Waals surface area contributed by atoms with E-state index in [9.17, 15) is 27.9 Å². The van der Waals surface area contributed by atoms with E-state index in [-0.39, 0.29) is 33.8 Å². The van der Waals surface area contributed by atoms with Crippen molar-refractivity contribution in [3.05, 3.63) is 135 Å². The number of carboxylic acids is 1. The third-order valence-corrected chi connectivity index (χ3v) is 6.64. The van der Waals surface area contributed by atoms with Crippen molar-refractivity contribution in [1.29, 1.82) is 0 Å². The maximum atomic E-state index is 14.1. The Balaban J connectivity index is 1.74. The molecule has 5 rings (SSSR count). The second kappa shape index (κ2) is 9.84. The molecule has 190 valence electrons. The summed E-state index contributed by atoms with van der Waals surface area (Å²) >= 11 is 6.48. The smallest absolute Gasteiger partial charge is 0.416 e. The maximum absolute atomic E-state index is 14.1. The van der Waals surface area contributed by atoms with Crippen LogP contribution in [0.3, 0.4) is 0 Å². The SMILES string of the molecule is O=C(O)c1cccc(CN2C(=O)/C(=C(\c3ccccc3)c3cc(C(F)(F)F)ccc3Cl)c3ccccc32)c1. The minimum Gasteiger partial charge on any atom is -0.478 e. The highest BCUT2D eigenvalue weighted by Crippen LogP contribution is 2.45. The Morgan fingerprint density at radius 3 is 2.24 bits per heavy atom. The number of benzene rings is 4.